The van der Waals surface area contributed by atoms with Crippen molar-refractivity contribution in [2.24, 2.45) is 0 Å². The van der Waals surface area contributed by atoms with Crippen LogP contribution in [0.25, 0.3) is 10.6 Å². The Morgan fingerprint density at radius 1 is 1.43 bits per heavy atom. The van der Waals surface area contributed by atoms with Gasteiger partial charge in [0, 0.05) is 5.69 Å². The quantitative estimate of drug-likeness (QED) is 0.776. The molecule has 0 aliphatic rings. The molecule has 4 heteroatoms. The molecule has 0 aromatic carbocycles. The first-order valence-corrected chi connectivity index (χ1v) is 5.17. The van der Waals surface area contributed by atoms with Gasteiger partial charge in [0.25, 0.3) is 0 Å². The number of rotatable bonds is 1. The number of H-pyrrole nitrogens is 1. The van der Waals surface area contributed by atoms with Crippen LogP contribution in [0.2, 0.25) is 0 Å². The van der Waals surface area contributed by atoms with Gasteiger partial charge >= 0.3 is 5.69 Å². The molecule has 0 fully saturated rings. The van der Waals surface area contributed by atoms with Gasteiger partial charge in [-0.25, -0.2) is 4.79 Å². The van der Waals surface area contributed by atoms with Crippen LogP contribution in [0.15, 0.2) is 22.3 Å². The van der Waals surface area contributed by atoms with Crippen LogP contribution in [0, 0.1) is 13.8 Å². The van der Waals surface area contributed by atoms with Gasteiger partial charge in [0.15, 0.2) is 0 Å². The Labute approximate surface area is 85.5 Å². The predicted molar refractivity (Wildman–Crippen MR) is 57.6 cm³/mol. The van der Waals surface area contributed by atoms with E-state index < -0.39 is 0 Å². The van der Waals surface area contributed by atoms with E-state index in [2.05, 4.69) is 9.97 Å². The zero-order valence-electron chi connectivity index (χ0n) is 8.00. The van der Waals surface area contributed by atoms with Crippen LogP contribution in [0.4, 0.5) is 0 Å². The van der Waals surface area contributed by atoms with E-state index in [1.807, 2.05) is 31.4 Å². The highest BCUT2D eigenvalue weighted by Crippen LogP contribution is 2.26. The van der Waals surface area contributed by atoms with Crippen molar-refractivity contribution in [3.8, 4) is 10.6 Å². The van der Waals surface area contributed by atoms with Crippen molar-refractivity contribution in [1.82, 2.24) is 9.97 Å². The summed E-state index contributed by atoms with van der Waals surface area (Å²) in [4.78, 5) is 18.8. The van der Waals surface area contributed by atoms with Crippen molar-refractivity contribution in [3.05, 3.63) is 39.3 Å². The number of aromatic nitrogens is 2. The number of nitrogens with one attached hydrogen (secondary N) is 1. The van der Waals surface area contributed by atoms with Crippen LogP contribution < -0.4 is 5.69 Å². The van der Waals surface area contributed by atoms with Crippen molar-refractivity contribution in [2.45, 2.75) is 13.8 Å². The van der Waals surface area contributed by atoms with Gasteiger partial charge < -0.3 is 4.98 Å². The molecule has 2 aromatic rings. The highest BCUT2D eigenvalue weighted by Gasteiger charge is 2.05. The standard InChI is InChI=1S/C10H10N2OS/c1-6-3-4-14-9(6)8-5-7(2)11-10(13)12-8/h3-5H,1-2H3,(H,11,12,13). The minimum absolute atomic E-state index is 0.284. The molecule has 0 aliphatic carbocycles. The molecule has 1 N–H and O–H groups in total. The molecule has 0 spiro atoms. The summed E-state index contributed by atoms with van der Waals surface area (Å²) in [5, 5.41) is 2.00. The summed E-state index contributed by atoms with van der Waals surface area (Å²) < 4.78 is 0. The summed E-state index contributed by atoms with van der Waals surface area (Å²) in [5.41, 5.74) is 2.48. The molecule has 72 valence electrons. The largest absolute Gasteiger partial charge is 0.345 e. The second kappa shape index (κ2) is 3.38. The van der Waals surface area contributed by atoms with E-state index in [1.54, 1.807) is 11.3 Å². The minimum Gasteiger partial charge on any atom is -0.310 e. The van der Waals surface area contributed by atoms with Gasteiger partial charge in [0.1, 0.15) is 0 Å². The Kier molecular flexibility index (Phi) is 2.21. The Morgan fingerprint density at radius 2 is 2.21 bits per heavy atom. The van der Waals surface area contributed by atoms with E-state index in [-0.39, 0.29) is 5.69 Å². The van der Waals surface area contributed by atoms with Crippen LogP contribution in [0.3, 0.4) is 0 Å². The van der Waals surface area contributed by atoms with Gasteiger partial charge in [-0.15, -0.1) is 11.3 Å². The van der Waals surface area contributed by atoms with Crippen molar-refractivity contribution in [3.63, 3.8) is 0 Å². The monoisotopic (exact) mass is 206 g/mol. The average Bonchev–Trinajstić information content (AvgIpc) is 2.49. The number of aromatic amines is 1. The Hall–Kier alpha value is -1.42. The third kappa shape index (κ3) is 1.61. The molecule has 14 heavy (non-hydrogen) atoms. The van der Waals surface area contributed by atoms with E-state index >= 15 is 0 Å². The lowest BCUT2D eigenvalue weighted by Gasteiger charge is -1.99. The summed E-state index contributed by atoms with van der Waals surface area (Å²) in [6, 6.07) is 3.92. The molecule has 0 saturated carbocycles. The number of hydrogen-bond donors (Lipinski definition) is 1. The van der Waals surface area contributed by atoms with Crippen LogP contribution in [0.5, 0.6) is 0 Å². The maximum Gasteiger partial charge on any atom is 0.345 e. The summed E-state index contributed by atoms with van der Waals surface area (Å²) >= 11 is 1.60. The first kappa shape index (κ1) is 9.15. The van der Waals surface area contributed by atoms with E-state index in [4.69, 9.17) is 0 Å². The van der Waals surface area contributed by atoms with Gasteiger partial charge in [0.2, 0.25) is 0 Å². The molecular weight excluding hydrogens is 196 g/mol. The van der Waals surface area contributed by atoms with Gasteiger partial charge in [-0.1, -0.05) is 0 Å². The lowest BCUT2D eigenvalue weighted by atomic mass is 10.2. The third-order valence-corrected chi connectivity index (χ3v) is 3.01. The molecule has 0 atom stereocenters. The van der Waals surface area contributed by atoms with E-state index in [9.17, 15) is 4.79 Å². The van der Waals surface area contributed by atoms with Crippen LogP contribution in [0.1, 0.15) is 11.3 Å². The van der Waals surface area contributed by atoms with Crippen LogP contribution >= 0.6 is 11.3 Å². The number of nitrogens with zero attached hydrogens (tertiary/aromatic N) is 1. The fourth-order valence-electron chi connectivity index (χ4n) is 1.33. The molecule has 0 amide bonds. The summed E-state index contributed by atoms with van der Waals surface area (Å²) in [6.45, 7) is 3.87. The molecule has 2 heterocycles. The molecule has 0 unspecified atom stereocenters. The molecule has 2 rings (SSSR count). The lowest BCUT2D eigenvalue weighted by molar-refractivity contribution is 1.03. The highest BCUT2D eigenvalue weighted by atomic mass is 32.1. The lowest BCUT2D eigenvalue weighted by Crippen LogP contribution is -2.11. The maximum atomic E-state index is 11.2. The fraction of sp³-hybridized carbons (Fsp3) is 0.200. The van der Waals surface area contributed by atoms with E-state index in [1.165, 1.54) is 0 Å². The Balaban J connectivity index is 2.63. The molecule has 0 aliphatic heterocycles. The van der Waals surface area contributed by atoms with E-state index in [0.717, 1.165) is 21.8 Å². The molecule has 0 radical (unpaired) electrons. The minimum atomic E-state index is -0.284. The SMILES string of the molecule is Cc1cc(-c2sccc2C)nc(=O)[nH]1. The van der Waals surface area contributed by atoms with Crippen molar-refractivity contribution < 1.29 is 0 Å². The van der Waals surface area contributed by atoms with Crippen LogP contribution in [-0.2, 0) is 0 Å². The van der Waals surface area contributed by atoms with Gasteiger partial charge in [0.05, 0.1) is 10.6 Å². The zero-order valence-corrected chi connectivity index (χ0v) is 8.81. The van der Waals surface area contributed by atoms with Gasteiger partial charge in [-0.05, 0) is 36.9 Å². The third-order valence-electron chi connectivity index (χ3n) is 1.97. The molecule has 0 saturated heterocycles. The molecule has 0 bridgehead atoms. The topological polar surface area (TPSA) is 45.8 Å². The van der Waals surface area contributed by atoms with Crippen LogP contribution in [-0.4, -0.2) is 9.97 Å². The zero-order chi connectivity index (χ0) is 10.1. The molecular formula is C10H10N2OS. The number of thiophene rings is 1. The predicted octanol–water partition coefficient (Wildman–Crippen LogP) is 2.12. The molecule has 2 aromatic heterocycles. The fourth-order valence-corrected chi connectivity index (χ4v) is 2.22. The number of hydrogen-bond acceptors (Lipinski definition) is 3. The maximum absolute atomic E-state index is 11.2. The highest BCUT2D eigenvalue weighted by molar-refractivity contribution is 7.13. The summed E-state index contributed by atoms with van der Waals surface area (Å²) in [7, 11) is 0. The molecule has 3 nitrogen and oxygen atoms in total. The summed E-state index contributed by atoms with van der Waals surface area (Å²) in [6.07, 6.45) is 0. The van der Waals surface area contributed by atoms with Gasteiger partial charge in [-0.3, -0.25) is 0 Å². The Bertz CT molecular complexity index is 513. The second-order valence-electron chi connectivity index (χ2n) is 3.19. The second-order valence-corrected chi connectivity index (χ2v) is 4.10. The normalized spacial score (nSPS) is 10.4. The summed E-state index contributed by atoms with van der Waals surface area (Å²) in [5.74, 6) is 0. The van der Waals surface area contributed by atoms with E-state index in [0.29, 0.717) is 0 Å². The Morgan fingerprint density at radius 3 is 2.79 bits per heavy atom. The first-order chi connectivity index (χ1) is 6.66. The number of aryl methyl sites for hydroxylation is 2. The van der Waals surface area contributed by atoms with Crippen molar-refractivity contribution in [1.29, 1.82) is 0 Å². The van der Waals surface area contributed by atoms with Crippen molar-refractivity contribution >= 4 is 11.3 Å². The van der Waals surface area contributed by atoms with Gasteiger partial charge in [-0.2, -0.15) is 4.98 Å². The van der Waals surface area contributed by atoms with Crippen molar-refractivity contribution in [2.75, 3.05) is 0 Å². The average molecular weight is 206 g/mol. The smallest absolute Gasteiger partial charge is 0.310 e. The first-order valence-electron chi connectivity index (χ1n) is 4.29.